The highest BCUT2D eigenvalue weighted by molar-refractivity contribution is 6.30. The van der Waals surface area contributed by atoms with Crippen LogP contribution in [0.2, 0.25) is 5.02 Å². The summed E-state index contributed by atoms with van der Waals surface area (Å²) in [4.78, 5) is 7.96. The van der Waals surface area contributed by atoms with Crippen molar-refractivity contribution in [2.45, 2.75) is 6.18 Å². The molecule has 0 aliphatic heterocycles. The monoisotopic (exact) mass is 419 g/mol. The van der Waals surface area contributed by atoms with Gasteiger partial charge in [-0.05, 0) is 35.9 Å². The first-order valence-electron chi connectivity index (χ1n) is 7.44. The first-order valence-corrected chi connectivity index (χ1v) is 7.82. The third-order valence-electron chi connectivity index (χ3n) is 3.23. The number of nitrogens with zero attached hydrogens (tertiary/aromatic N) is 2. The van der Waals surface area contributed by atoms with Crippen LogP contribution in [0.25, 0.3) is 0 Å². The summed E-state index contributed by atoms with van der Waals surface area (Å²) in [5, 5.41) is 8.34. The molecular weight excluding hydrogens is 405 g/mol. The van der Waals surface area contributed by atoms with Crippen molar-refractivity contribution in [3.8, 4) is 0 Å². The van der Waals surface area contributed by atoms with Gasteiger partial charge in [-0.15, -0.1) is 12.4 Å². The molecule has 0 saturated heterocycles. The molecule has 27 heavy (non-hydrogen) atoms. The maximum absolute atomic E-state index is 13.6. The van der Waals surface area contributed by atoms with Gasteiger partial charge in [-0.3, -0.25) is 9.98 Å². The van der Waals surface area contributed by atoms with Gasteiger partial charge in [0.25, 0.3) is 0 Å². The SMILES string of the molecule is Cl.N=C(CN=Cc1ccc(Cl)cc1)CN=Cc1ccc(C(F)(F)F)cc1F. The Bertz CT molecular complexity index is 831. The van der Waals surface area contributed by atoms with E-state index in [-0.39, 0.29) is 36.8 Å². The van der Waals surface area contributed by atoms with Gasteiger partial charge in [0, 0.05) is 23.0 Å². The molecule has 0 heterocycles. The molecule has 0 spiro atoms. The number of hydrogen-bond donors (Lipinski definition) is 1. The summed E-state index contributed by atoms with van der Waals surface area (Å²) in [6.45, 7) is 0.0773. The Hall–Kier alpha value is -2.25. The van der Waals surface area contributed by atoms with Crippen LogP contribution in [0.1, 0.15) is 16.7 Å². The third-order valence-corrected chi connectivity index (χ3v) is 3.48. The molecule has 1 N–H and O–H groups in total. The molecule has 0 bridgehead atoms. The molecule has 0 fully saturated rings. The standard InChI is InChI=1S/C18H14ClF4N3.ClH/c19-15-5-1-12(2-6-15)8-25-10-16(24)11-26-9-13-3-4-14(7-17(13)20)18(21,22)23;/h1-9,24H,10-11H2;1H. The van der Waals surface area contributed by atoms with Crippen LogP contribution in [0.15, 0.2) is 52.4 Å². The molecule has 0 saturated carbocycles. The summed E-state index contributed by atoms with van der Waals surface area (Å²) >= 11 is 5.77. The fourth-order valence-corrected chi connectivity index (χ4v) is 2.05. The molecule has 0 amide bonds. The zero-order chi connectivity index (χ0) is 19.2. The van der Waals surface area contributed by atoms with Crippen molar-refractivity contribution < 1.29 is 17.6 Å². The van der Waals surface area contributed by atoms with E-state index >= 15 is 0 Å². The number of rotatable bonds is 6. The van der Waals surface area contributed by atoms with Crippen molar-refractivity contribution in [1.82, 2.24) is 0 Å². The second-order valence-corrected chi connectivity index (χ2v) is 5.77. The van der Waals surface area contributed by atoms with Crippen molar-refractivity contribution in [3.63, 3.8) is 0 Å². The highest BCUT2D eigenvalue weighted by Gasteiger charge is 2.30. The molecule has 2 rings (SSSR count). The lowest BCUT2D eigenvalue weighted by Crippen LogP contribution is -2.07. The van der Waals surface area contributed by atoms with Gasteiger partial charge in [0.05, 0.1) is 24.4 Å². The average molecular weight is 420 g/mol. The number of hydrogen-bond acceptors (Lipinski definition) is 3. The lowest BCUT2D eigenvalue weighted by molar-refractivity contribution is -0.137. The van der Waals surface area contributed by atoms with Gasteiger partial charge in [-0.1, -0.05) is 23.7 Å². The molecule has 0 radical (unpaired) electrons. The lowest BCUT2D eigenvalue weighted by atomic mass is 10.1. The van der Waals surface area contributed by atoms with Crippen molar-refractivity contribution in [1.29, 1.82) is 5.41 Å². The van der Waals surface area contributed by atoms with Crippen LogP contribution < -0.4 is 0 Å². The zero-order valence-electron chi connectivity index (χ0n) is 13.8. The van der Waals surface area contributed by atoms with Crippen molar-refractivity contribution >= 4 is 42.1 Å². The Balaban J connectivity index is 0.00000364. The number of alkyl halides is 3. The Kier molecular flexibility index (Phi) is 8.59. The summed E-state index contributed by atoms with van der Waals surface area (Å²) in [5.74, 6) is -1.02. The van der Waals surface area contributed by atoms with Crippen LogP contribution in [-0.2, 0) is 6.18 Å². The van der Waals surface area contributed by atoms with E-state index in [0.717, 1.165) is 23.9 Å². The van der Waals surface area contributed by atoms with Crippen molar-refractivity contribution in [2.24, 2.45) is 9.98 Å². The van der Waals surface area contributed by atoms with Gasteiger partial charge in [0.2, 0.25) is 0 Å². The Morgan fingerprint density at radius 3 is 2.15 bits per heavy atom. The number of aliphatic imine (C=N–C) groups is 2. The highest BCUT2D eigenvalue weighted by atomic mass is 35.5. The lowest BCUT2D eigenvalue weighted by Gasteiger charge is -2.07. The van der Waals surface area contributed by atoms with Crippen LogP contribution in [0.3, 0.4) is 0 Å². The topological polar surface area (TPSA) is 48.6 Å². The van der Waals surface area contributed by atoms with E-state index in [4.69, 9.17) is 17.0 Å². The molecular formula is C18H15Cl2F4N3. The summed E-state index contributed by atoms with van der Waals surface area (Å²) in [5.41, 5.74) is -0.122. The molecule has 2 aromatic rings. The molecule has 0 aliphatic rings. The first kappa shape index (κ1) is 22.8. The summed E-state index contributed by atoms with van der Waals surface area (Å²) in [6, 6.07) is 9.20. The third kappa shape index (κ3) is 7.48. The molecule has 144 valence electrons. The van der Waals surface area contributed by atoms with E-state index in [0.29, 0.717) is 11.1 Å². The average Bonchev–Trinajstić information content (AvgIpc) is 2.57. The predicted octanol–water partition coefficient (Wildman–Crippen LogP) is 5.48. The van der Waals surface area contributed by atoms with Gasteiger partial charge in [0.1, 0.15) is 5.82 Å². The second kappa shape index (κ2) is 10.2. The largest absolute Gasteiger partial charge is 0.416 e. The number of halogens is 6. The maximum Gasteiger partial charge on any atom is 0.416 e. The van der Waals surface area contributed by atoms with Crippen LogP contribution >= 0.6 is 24.0 Å². The van der Waals surface area contributed by atoms with Gasteiger partial charge in [0.15, 0.2) is 0 Å². The Labute approximate surface area is 164 Å². The molecule has 0 aromatic heterocycles. The van der Waals surface area contributed by atoms with Crippen LogP contribution in [0.5, 0.6) is 0 Å². The van der Waals surface area contributed by atoms with Gasteiger partial charge < -0.3 is 5.41 Å². The molecule has 0 atom stereocenters. The van der Waals surface area contributed by atoms with E-state index in [1.165, 1.54) is 0 Å². The second-order valence-electron chi connectivity index (χ2n) is 5.33. The van der Waals surface area contributed by atoms with Crippen LogP contribution in [-0.4, -0.2) is 31.2 Å². The minimum Gasteiger partial charge on any atom is -0.306 e. The predicted molar refractivity (Wildman–Crippen MR) is 103 cm³/mol. The molecule has 3 nitrogen and oxygen atoms in total. The summed E-state index contributed by atoms with van der Waals surface area (Å²) < 4.78 is 51.1. The van der Waals surface area contributed by atoms with E-state index in [2.05, 4.69) is 9.98 Å². The van der Waals surface area contributed by atoms with Crippen LogP contribution in [0, 0.1) is 11.2 Å². The van der Waals surface area contributed by atoms with E-state index < -0.39 is 17.6 Å². The van der Waals surface area contributed by atoms with Crippen molar-refractivity contribution in [2.75, 3.05) is 13.1 Å². The quantitative estimate of drug-likeness (QED) is 0.476. The van der Waals surface area contributed by atoms with Gasteiger partial charge in [-0.25, -0.2) is 4.39 Å². The normalized spacial score (nSPS) is 11.7. The molecule has 2 aromatic carbocycles. The first-order chi connectivity index (χ1) is 12.3. The van der Waals surface area contributed by atoms with Gasteiger partial charge >= 0.3 is 6.18 Å². The van der Waals surface area contributed by atoms with Crippen LogP contribution in [0.4, 0.5) is 17.6 Å². The summed E-state index contributed by atoms with van der Waals surface area (Å²) in [6.07, 6.45) is -1.90. The zero-order valence-corrected chi connectivity index (χ0v) is 15.4. The molecule has 9 heteroatoms. The van der Waals surface area contributed by atoms with Crippen molar-refractivity contribution in [3.05, 3.63) is 70.0 Å². The minimum absolute atomic E-state index is 0. The molecule has 0 aliphatic carbocycles. The number of benzene rings is 2. The number of nitrogens with one attached hydrogen (secondary N) is 1. The fraction of sp³-hybridized carbons (Fsp3) is 0.167. The highest BCUT2D eigenvalue weighted by Crippen LogP contribution is 2.29. The maximum atomic E-state index is 13.6. The Morgan fingerprint density at radius 2 is 1.59 bits per heavy atom. The smallest absolute Gasteiger partial charge is 0.306 e. The van der Waals surface area contributed by atoms with E-state index in [1.807, 2.05) is 0 Å². The minimum atomic E-state index is -4.60. The Morgan fingerprint density at radius 1 is 1.00 bits per heavy atom. The van der Waals surface area contributed by atoms with E-state index in [1.54, 1.807) is 30.5 Å². The summed E-state index contributed by atoms with van der Waals surface area (Å²) in [7, 11) is 0. The fourth-order valence-electron chi connectivity index (χ4n) is 1.92. The van der Waals surface area contributed by atoms with Gasteiger partial charge in [-0.2, -0.15) is 13.2 Å². The van der Waals surface area contributed by atoms with E-state index in [9.17, 15) is 17.6 Å². The molecule has 0 unspecified atom stereocenters.